The molecule has 98 valence electrons. The third-order valence-corrected chi connectivity index (χ3v) is 3.82. The molecule has 0 saturated carbocycles. The van der Waals surface area contributed by atoms with E-state index in [-0.39, 0.29) is 6.42 Å². The van der Waals surface area contributed by atoms with Gasteiger partial charge in [0.25, 0.3) is 0 Å². The monoisotopic (exact) mass is 268 g/mol. The van der Waals surface area contributed by atoms with Crippen molar-refractivity contribution in [1.82, 2.24) is 0 Å². The van der Waals surface area contributed by atoms with Crippen molar-refractivity contribution >= 4 is 23.4 Å². The van der Waals surface area contributed by atoms with E-state index in [0.717, 1.165) is 5.56 Å². The summed E-state index contributed by atoms with van der Waals surface area (Å²) in [7, 11) is 0. The van der Waals surface area contributed by atoms with Crippen LogP contribution < -0.4 is 11.5 Å². The number of rotatable bonds is 6. The molecule has 0 radical (unpaired) electrons. The molecule has 0 bridgehead atoms. The lowest BCUT2D eigenvalue weighted by Crippen LogP contribution is -2.41. The molecule has 18 heavy (non-hydrogen) atoms. The van der Waals surface area contributed by atoms with Crippen molar-refractivity contribution in [2.75, 3.05) is 0 Å². The minimum atomic E-state index is -0.998. The van der Waals surface area contributed by atoms with Crippen LogP contribution in [0.25, 0.3) is 0 Å². The summed E-state index contributed by atoms with van der Waals surface area (Å²) in [5.74, 6) is -2.02. The van der Waals surface area contributed by atoms with Crippen molar-refractivity contribution in [2.45, 2.75) is 24.6 Å². The highest BCUT2D eigenvalue weighted by molar-refractivity contribution is 6.25. The average Bonchev–Trinajstić information content (AvgIpc) is 2.35. The molecule has 0 fully saturated rings. The molecule has 0 aliphatic heterocycles. The van der Waals surface area contributed by atoms with E-state index in [0.29, 0.717) is 6.42 Å². The van der Waals surface area contributed by atoms with Crippen LogP contribution in [0, 0.1) is 5.92 Å². The first kappa shape index (κ1) is 14.5. The molecule has 2 atom stereocenters. The highest BCUT2D eigenvalue weighted by Gasteiger charge is 2.41. The molecule has 0 aromatic heterocycles. The van der Waals surface area contributed by atoms with Gasteiger partial charge < -0.3 is 11.5 Å². The molecular formula is C13H17ClN2O2. The summed E-state index contributed by atoms with van der Waals surface area (Å²) >= 11 is 6.55. The van der Waals surface area contributed by atoms with Crippen LogP contribution in [-0.4, -0.2) is 11.8 Å². The second kappa shape index (κ2) is 5.87. The Balaban J connectivity index is 3.19. The number of benzene rings is 1. The normalized spacial score (nSPS) is 15.7. The summed E-state index contributed by atoms with van der Waals surface area (Å²) in [6, 6.07) is 9.12. The van der Waals surface area contributed by atoms with Crippen molar-refractivity contribution < 1.29 is 9.59 Å². The number of nitrogens with two attached hydrogens (primary N) is 2. The Morgan fingerprint density at radius 3 is 2.22 bits per heavy atom. The number of carbonyl (C=O) groups excluding carboxylic acids is 2. The van der Waals surface area contributed by atoms with Gasteiger partial charge in [-0.3, -0.25) is 9.59 Å². The maximum absolute atomic E-state index is 11.5. The van der Waals surface area contributed by atoms with Crippen LogP contribution in [0.15, 0.2) is 30.3 Å². The molecule has 2 unspecified atom stereocenters. The van der Waals surface area contributed by atoms with Crippen LogP contribution in [0.5, 0.6) is 0 Å². The fourth-order valence-corrected chi connectivity index (χ4v) is 2.37. The van der Waals surface area contributed by atoms with E-state index in [1.165, 1.54) is 0 Å². The summed E-state index contributed by atoms with van der Waals surface area (Å²) in [6.07, 6.45) is 0.320. The Bertz CT molecular complexity index is 436. The zero-order valence-electron chi connectivity index (χ0n) is 10.2. The Kier molecular flexibility index (Phi) is 4.73. The van der Waals surface area contributed by atoms with Crippen molar-refractivity contribution in [1.29, 1.82) is 0 Å². The smallest absolute Gasteiger partial charge is 0.223 e. The minimum Gasteiger partial charge on any atom is -0.370 e. The van der Waals surface area contributed by atoms with Crippen molar-refractivity contribution in [2.24, 2.45) is 17.4 Å². The SMILES string of the molecule is CCC(Cl)(c1ccccc1)C(CC(N)=O)C(N)=O. The highest BCUT2D eigenvalue weighted by atomic mass is 35.5. The van der Waals surface area contributed by atoms with Gasteiger partial charge in [-0.05, 0) is 12.0 Å². The van der Waals surface area contributed by atoms with Gasteiger partial charge >= 0.3 is 0 Å². The number of primary amides is 2. The number of hydrogen-bond acceptors (Lipinski definition) is 2. The largest absolute Gasteiger partial charge is 0.370 e. The lowest BCUT2D eigenvalue weighted by molar-refractivity contribution is -0.128. The van der Waals surface area contributed by atoms with Gasteiger partial charge in [-0.2, -0.15) is 0 Å². The van der Waals surface area contributed by atoms with Gasteiger partial charge in [0.1, 0.15) is 0 Å². The van der Waals surface area contributed by atoms with Crippen molar-refractivity contribution in [3.63, 3.8) is 0 Å². The molecule has 0 heterocycles. The standard InChI is InChI=1S/C13H17ClN2O2/c1-2-13(14,9-6-4-3-5-7-9)10(12(16)18)8-11(15)17/h3-7,10H,2,8H2,1H3,(H2,15,17)(H2,16,18). The van der Waals surface area contributed by atoms with Crippen LogP contribution in [0.3, 0.4) is 0 Å². The molecule has 2 amide bonds. The third kappa shape index (κ3) is 3.01. The Morgan fingerprint density at radius 1 is 1.28 bits per heavy atom. The lowest BCUT2D eigenvalue weighted by Gasteiger charge is -2.32. The summed E-state index contributed by atoms with van der Waals surface area (Å²) in [4.78, 5) is 21.6. The molecule has 4 N–H and O–H groups in total. The maximum atomic E-state index is 11.5. The second-order valence-corrected chi connectivity index (χ2v) is 4.88. The van der Waals surface area contributed by atoms with Crippen molar-refractivity contribution in [3.05, 3.63) is 35.9 Å². The van der Waals surface area contributed by atoms with E-state index in [4.69, 9.17) is 23.1 Å². The van der Waals surface area contributed by atoms with Gasteiger partial charge in [-0.15, -0.1) is 11.6 Å². The summed E-state index contributed by atoms with van der Waals surface area (Å²) < 4.78 is 0. The first-order chi connectivity index (χ1) is 8.41. The van der Waals surface area contributed by atoms with E-state index in [1.807, 2.05) is 37.3 Å². The van der Waals surface area contributed by atoms with E-state index >= 15 is 0 Å². The molecule has 0 aliphatic carbocycles. The fourth-order valence-electron chi connectivity index (χ4n) is 2.06. The number of alkyl halides is 1. The Morgan fingerprint density at radius 2 is 1.83 bits per heavy atom. The van der Waals surface area contributed by atoms with E-state index in [2.05, 4.69) is 0 Å². The molecular weight excluding hydrogens is 252 g/mol. The predicted molar refractivity (Wildman–Crippen MR) is 70.8 cm³/mol. The van der Waals surface area contributed by atoms with Gasteiger partial charge in [0.15, 0.2) is 0 Å². The van der Waals surface area contributed by atoms with Crippen LogP contribution in [0.1, 0.15) is 25.3 Å². The second-order valence-electron chi connectivity index (χ2n) is 4.21. The number of halogens is 1. The van der Waals surface area contributed by atoms with Gasteiger partial charge in [0.2, 0.25) is 11.8 Å². The van der Waals surface area contributed by atoms with Gasteiger partial charge in [0, 0.05) is 6.42 Å². The maximum Gasteiger partial charge on any atom is 0.223 e. The molecule has 4 nitrogen and oxygen atoms in total. The first-order valence-electron chi connectivity index (χ1n) is 5.74. The Hall–Kier alpha value is -1.55. The highest BCUT2D eigenvalue weighted by Crippen LogP contribution is 2.41. The molecule has 0 spiro atoms. The minimum absolute atomic E-state index is 0.151. The van der Waals surface area contributed by atoms with E-state index in [1.54, 1.807) is 0 Å². The third-order valence-electron chi connectivity index (χ3n) is 3.07. The number of amides is 2. The van der Waals surface area contributed by atoms with Gasteiger partial charge in [-0.1, -0.05) is 37.3 Å². The topological polar surface area (TPSA) is 86.2 Å². The fraction of sp³-hybridized carbons (Fsp3) is 0.385. The zero-order valence-corrected chi connectivity index (χ0v) is 11.0. The van der Waals surface area contributed by atoms with Gasteiger partial charge in [-0.25, -0.2) is 0 Å². The summed E-state index contributed by atoms with van der Waals surface area (Å²) in [5, 5.41) is 0. The van der Waals surface area contributed by atoms with Crippen LogP contribution >= 0.6 is 11.6 Å². The van der Waals surface area contributed by atoms with E-state index in [9.17, 15) is 9.59 Å². The molecule has 0 aliphatic rings. The van der Waals surface area contributed by atoms with Crippen LogP contribution in [0.2, 0.25) is 0 Å². The zero-order chi connectivity index (χ0) is 13.8. The molecule has 1 aromatic carbocycles. The van der Waals surface area contributed by atoms with Crippen LogP contribution in [-0.2, 0) is 14.5 Å². The molecule has 1 aromatic rings. The van der Waals surface area contributed by atoms with E-state index < -0.39 is 22.6 Å². The van der Waals surface area contributed by atoms with Crippen molar-refractivity contribution in [3.8, 4) is 0 Å². The lowest BCUT2D eigenvalue weighted by atomic mass is 9.80. The first-order valence-corrected chi connectivity index (χ1v) is 6.11. The molecule has 0 saturated heterocycles. The Labute approximate surface area is 111 Å². The van der Waals surface area contributed by atoms with Gasteiger partial charge in [0.05, 0.1) is 10.8 Å². The van der Waals surface area contributed by atoms with Crippen LogP contribution in [0.4, 0.5) is 0 Å². The summed E-state index contributed by atoms with van der Waals surface area (Å²) in [5.41, 5.74) is 11.3. The molecule has 5 heteroatoms. The average molecular weight is 269 g/mol. The predicted octanol–water partition coefficient (Wildman–Crippen LogP) is 1.51. The molecule has 1 rings (SSSR count). The number of carbonyl (C=O) groups is 2. The number of hydrogen-bond donors (Lipinski definition) is 2. The summed E-state index contributed by atoms with van der Waals surface area (Å²) in [6.45, 7) is 1.84. The quantitative estimate of drug-likeness (QED) is 0.766.